The van der Waals surface area contributed by atoms with Crippen molar-refractivity contribution in [3.63, 3.8) is 0 Å². The van der Waals surface area contributed by atoms with Gasteiger partial charge in [0.1, 0.15) is 13.2 Å². The number of thiazole rings is 1. The summed E-state index contributed by atoms with van der Waals surface area (Å²) in [6.45, 7) is 2.92. The Hall–Kier alpha value is -2.86. The van der Waals surface area contributed by atoms with E-state index in [9.17, 15) is 4.79 Å². The van der Waals surface area contributed by atoms with Crippen LogP contribution in [0.3, 0.4) is 0 Å². The van der Waals surface area contributed by atoms with Gasteiger partial charge in [-0.25, -0.2) is 4.98 Å². The Kier molecular flexibility index (Phi) is 4.11. The number of carbonyl (C=O) groups is 1. The van der Waals surface area contributed by atoms with Crippen molar-refractivity contribution in [1.29, 1.82) is 0 Å². The van der Waals surface area contributed by atoms with Gasteiger partial charge in [-0.1, -0.05) is 18.2 Å². The largest absolute Gasteiger partial charge is 0.486 e. The third-order valence-electron chi connectivity index (χ3n) is 3.80. The normalized spacial score (nSPS) is 12.7. The van der Waals surface area contributed by atoms with Crippen LogP contribution in [0.2, 0.25) is 0 Å². The average molecular weight is 352 g/mol. The molecule has 0 unspecified atom stereocenters. The third kappa shape index (κ3) is 3.08. The quantitative estimate of drug-likeness (QED) is 0.709. The molecule has 0 saturated carbocycles. The van der Waals surface area contributed by atoms with Gasteiger partial charge in [0.05, 0.1) is 11.4 Å². The number of hydrogen-bond donors (Lipinski definition) is 0. The van der Waals surface area contributed by atoms with Crippen LogP contribution in [0.15, 0.2) is 53.9 Å². The van der Waals surface area contributed by atoms with Gasteiger partial charge in [0.15, 0.2) is 16.6 Å². The molecule has 4 rings (SSSR count). The molecular formula is C19H16N2O3S. The fraction of sp³-hybridized carbons (Fsp3) is 0.158. The molecule has 2 heterocycles. The summed E-state index contributed by atoms with van der Waals surface area (Å²) in [6.07, 6.45) is 0. The van der Waals surface area contributed by atoms with Crippen molar-refractivity contribution in [3.8, 4) is 11.5 Å². The van der Waals surface area contributed by atoms with Crippen LogP contribution in [0.5, 0.6) is 11.5 Å². The third-order valence-corrected chi connectivity index (χ3v) is 4.75. The molecule has 0 saturated heterocycles. The van der Waals surface area contributed by atoms with Crippen LogP contribution in [0.4, 0.5) is 10.8 Å². The molecule has 0 atom stereocenters. The van der Waals surface area contributed by atoms with E-state index >= 15 is 0 Å². The number of anilines is 2. The van der Waals surface area contributed by atoms with Crippen molar-refractivity contribution in [2.75, 3.05) is 18.1 Å². The minimum absolute atomic E-state index is 0.155. The Balaban J connectivity index is 1.75. The minimum atomic E-state index is -0.155. The lowest BCUT2D eigenvalue weighted by atomic mass is 10.1. The van der Waals surface area contributed by atoms with Crippen molar-refractivity contribution in [3.05, 3.63) is 65.2 Å². The SMILES string of the molecule is Cc1csc(N(C(=O)c2ccc3c(c2)OCCO3)c2ccccc2)n1. The number of hydrogen-bond acceptors (Lipinski definition) is 5. The Morgan fingerprint density at radius 3 is 2.56 bits per heavy atom. The number of ether oxygens (including phenoxy) is 2. The summed E-state index contributed by atoms with van der Waals surface area (Å²) in [5.74, 6) is 1.11. The van der Waals surface area contributed by atoms with E-state index in [0.717, 1.165) is 11.4 Å². The van der Waals surface area contributed by atoms with Gasteiger partial charge in [0.25, 0.3) is 5.91 Å². The molecule has 0 N–H and O–H groups in total. The van der Waals surface area contributed by atoms with E-state index in [1.807, 2.05) is 42.6 Å². The van der Waals surface area contributed by atoms with Gasteiger partial charge in [-0.05, 0) is 37.3 Å². The summed E-state index contributed by atoms with van der Waals surface area (Å²) < 4.78 is 11.1. The van der Waals surface area contributed by atoms with Crippen molar-refractivity contribution in [1.82, 2.24) is 4.98 Å². The highest BCUT2D eigenvalue weighted by Crippen LogP contribution is 2.34. The number of fused-ring (bicyclic) bond motifs is 1. The lowest BCUT2D eigenvalue weighted by molar-refractivity contribution is 0.0998. The number of carbonyl (C=O) groups excluding carboxylic acids is 1. The van der Waals surface area contributed by atoms with E-state index in [0.29, 0.717) is 35.4 Å². The van der Waals surface area contributed by atoms with Crippen molar-refractivity contribution in [2.24, 2.45) is 0 Å². The second-order valence-corrected chi connectivity index (χ2v) is 6.44. The van der Waals surface area contributed by atoms with Crippen molar-refractivity contribution < 1.29 is 14.3 Å². The van der Waals surface area contributed by atoms with Crippen LogP contribution < -0.4 is 14.4 Å². The summed E-state index contributed by atoms with van der Waals surface area (Å²) in [6, 6.07) is 14.8. The lowest BCUT2D eigenvalue weighted by Gasteiger charge is -2.22. The van der Waals surface area contributed by atoms with E-state index in [1.54, 1.807) is 23.1 Å². The second kappa shape index (κ2) is 6.57. The van der Waals surface area contributed by atoms with Crippen molar-refractivity contribution in [2.45, 2.75) is 6.92 Å². The molecule has 1 aromatic heterocycles. The summed E-state index contributed by atoms with van der Waals surface area (Å²) in [5.41, 5.74) is 2.19. The molecule has 1 aliphatic heterocycles. The molecule has 126 valence electrons. The number of aryl methyl sites for hydroxylation is 1. The zero-order valence-electron chi connectivity index (χ0n) is 13.6. The Morgan fingerprint density at radius 1 is 1.08 bits per heavy atom. The summed E-state index contributed by atoms with van der Waals surface area (Å²) >= 11 is 1.44. The van der Waals surface area contributed by atoms with Gasteiger partial charge in [0.2, 0.25) is 0 Å². The highest BCUT2D eigenvalue weighted by molar-refractivity contribution is 7.14. The highest BCUT2D eigenvalue weighted by Gasteiger charge is 2.24. The number of amides is 1. The molecule has 3 aromatic rings. The maximum Gasteiger partial charge on any atom is 0.264 e. The van der Waals surface area contributed by atoms with Gasteiger partial charge in [0, 0.05) is 10.9 Å². The first kappa shape index (κ1) is 15.7. The number of rotatable bonds is 3. The summed E-state index contributed by atoms with van der Waals surface area (Å²) in [4.78, 5) is 19.4. The first-order chi connectivity index (χ1) is 12.2. The van der Waals surface area contributed by atoms with Crippen LogP contribution in [0.25, 0.3) is 0 Å². The van der Waals surface area contributed by atoms with Crippen LogP contribution in [0, 0.1) is 6.92 Å². The molecule has 6 heteroatoms. The van der Waals surface area contributed by atoms with Crippen molar-refractivity contribution >= 4 is 28.1 Å². The molecule has 0 aliphatic carbocycles. The van der Waals surface area contributed by atoms with Gasteiger partial charge in [-0.3, -0.25) is 9.69 Å². The van der Waals surface area contributed by atoms with E-state index < -0.39 is 0 Å². The number of para-hydroxylation sites is 1. The van der Waals surface area contributed by atoms with Crippen LogP contribution in [-0.4, -0.2) is 24.1 Å². The van der Waals surface area contributed by atoms with Gasteiger partial charge in [-0.2, -0.15) is 0 Å². The molecule has 1 amide bonds. The van der Waals surface area contributed by atoms with Crippen LogP contribution in [-0.2, 0) is 0 Å². The van der Waals surface area contributed by atoms with E-state index in [2.05, 4.69) is 4.98 Å². The Labute approximate surface area is 149 Å². The van der Waals surface area contributed by atoms with Gasteiger partial charge < -0.3 is 9.47 Å². The molecule has 5 nitrogen and oxygen atoms in total. The monoisotopic (exact) mass is 352 g/mol. The summed E-state index contributed by atoms with van der Waals surface area (Å²) in [5, 5.41) is 2.58. The van der Waals surface area contributed by atoms with Gasteiger partial charge in [-0.15, -0.1) is 11.3 Å². The molecule has 2 aromatic carbocycles. The number of benzene rings is 2. The van der Waals surface area contributed by atoms with E-state index in [-0.39, 0.29) is 5.91 Å². The molecule has 25 heavy (non-hydrogen) atoms. The first-order valence-corrected chi connectivity index (χ1v) is 8.81. The maximum absolute atomic E-state index is 13.2. The number of aromatic nitrogens is 1. The standard InChI is InChI=1S/C19H16N2O3S/c1-13-12-25-19(20-13)21(15-5-3-2-4-6-15)18(22)14-7-8-16-17(11-14)24-10-9-23-16/h2-8,11-12H,9-10H2,1H3. The highest BCUT2D eigenvalue weighted by atomic mass is 32.1. The predicted octanol–water partition coefficient (Wildman–Crippen LogP) is 4.20. The zero-order chi connectivity index (χ0) is 17.2. The molecule has 0 radical (unpaired) electrons. The smallest absolute Gasteiger partial charge is 0.264 e. The predicted molar refractivity (Wildman–Crippen MR) is 97.2 cm³/mol. The molecule has 1 aliphatic rings. The Morgan fingerprint density at radius 2 is 1.84 bits per heavy atom. The molecule has 0 fully saturated rings. The van der Waals surface area contributed by atoms with Crippen LogP contribution >= 0.6 is 11.3 Å². The van der Waals surface area contributed by atoms with Gasteiger partial charge >= 0.3 is 0 Å². The molecule has 0 bridgehead atoms. The lowest BCUT2D eigenvalue weighted by Crippen LogP contribution is -2.26. The van der Waals surface area contributed by atoms with E-state index in [1.165, 1.54) is 11.3 Å². The zero-order valence-corrected chi connectivity index (χ0v) is 14.5. The summed E-state index contributed by atoms with van der Waals surface area (Å²) in [7, 11) is 0. The van der Waals surface area contributed by atoms with Crippen LogP contribution in [0.1, 0.15) is 16.1 Å². The number of nitrogens with zero attached hydrogens (tertiary/aromatic N) is 2. The fourth-order valence-electron chi connectivity index (χ4n) is 2.64. The minimum Gasteiger partial charge on any atom is -0.486 e. The average Bonchev–Trinajstić information content (AvgIpc) is 3.08. The molecular weight excluding hydrogens is 336 g/mol. The fourth-order valence-corrected chi connectivity index (χ4v) is 3.46. The molecule has 0 spiro atoms. The second-order valence-electron chi connectivity index (χ2n) is 5.61. The Bertz CT molecular complexity index is 908. The van der Waals surface area contributed by atoms with E-state index in [4.69, 9.17) is 9.47 Å². The maximum atomic E-state index is 13.2. The first-order valence-electron chi connectivity index (χ1n) is 7.93. The topological polar surface area (TPSA) is 51.7 Å².